The number of carbonyl (C=O) groups is 1. The molecule has 122 valence electrons. The average Bonchev–Trinajstić information content (AvgIpc) is 2.56. The summed E-state index contributed by atoms with van der Waals surface area (Å²) in [6.07, 6.45) is 1.54. The third-order valence-corrected chi connectivity index (χ3v) is 4.61. The van der Waals surface area contributed by atoms with Gasteiger partial charge in [0, 0.05) is 46.4 Å². The number of hydrogen-bond donors (Lipinski definition) is 1. The van der Waals surface area contributed by atoms with Crippen molar-refractivity contribution in [3.8, 4) is 0 Å². The minimum Gasteiger partial charge on any atom is -0.380 e. The van der Waals surface area contributed by atoms with Gasteiger partial charge >= 0.3 is 0 Å². The summed E-state index contributed by atoms with van der Waals surface area (Å²) in [5.41, 5.74) is -0.598. The molecule has 21 heavy (non-hydrogen) atoms. The van der Waals surface area contributed by atoms with Crippen molar-refractivity contribution >= 4 is 5.91 Å². The topological polar surface area (TPSA) is 54.0 Å². The Morgan fingerprint density at radius 3 is 2.43 bits per heavy atom. The maximum atomic E-state index is 12.8. The lowest BCUT2D eigenvalue weighted by atomic mass is 9.90. The summed E-state index contributed by atoms with van der Waals surface area (Å²) in [7, 11) is 1.67. The summed E-state index contributed by atoms with van der Waals surface area (Å²) in [4.78, 5) is 17.1. The van der Waals surface area contributed by atoms with Crippen LogP contribution in [-0.4, -0.2) is 87.4 Å². The molecular formula is C15H29N3O3. The Labute approximate surface area is 127 Å². The van der Waals surface area contributed by atoms with Crippen LogP contribution in [0.1, 0.15) is 19.8 Å². The van der Waals surface area contributed by atoms with Gasteiger partial charge in [0.15, 0.2) is 0 Å². The van der Waals surface area contributed by atoms with Gasteiger partial charge < -0.3 is 19.7 Å². The predicted molar refractivity (Wildman–Crippen MR) is 81.4 cm³/mol. The highest BCUT2D eigenvalue weighted by atomic mass is 16.5. The second-order valence-electron chi connectivity index (χ2n) is 5.78. The van der Waals surface area contributed by atoms with Gasteiger partial charge in [-0.3, -0.25) is 9.69 Å². The summed E-state index contributed by atoms with van der Waals surface area (Å²) >= 11 is 0. The zero-order valence-corrected chi connectivity index (χ0v) is 13.4. The van der Waals surface area contributed by atoms with Crippen LogP contribution in [0.3, 0.4) is 0 Å². The normalized spacial score (nSPS) is 23.2. The van der Waals surface area contributed by atoms with Crippen LogP contribution in [0.15, 0.2) is 0 Å². The number of carbonyl (C=O) groups excluding carboxylic acids is 1. The number of piperidine rings is 1. The monoisotopic (exact) mass is 299 g/mol. The smallest absolute Gasteiger partial charge is 0.254 e. The van der Waals surface area contributed by atoms with Crippen LogP contribution < -0.4 is 5.32 Å². The zero-order valence-electron chi connectivity index (χ0n) is 13.4. The molecule has 6 nitrogen and oxygen atoms in total. The lowest BCUT2D eigenvalue weighted by Crippen LogP contribution is -2.59. The van der Waals surface area contributed by atoms with Crippen LogP contribution in [0, 0.1) is 0 Å². The molecule has 0 unspecified atom stereocenters. The number of rotatable bonds is 6. The first-order chi connectivity index (χ1) is 10.2. The molecule has 1 N–H and O–H groups in total. The molecule has 0 aromatic carbocycles. The molecule has 0 saturated carbocycles. The Kier molecular flexibility index (Phi) is 6.41. The van der Waals surface area contributed by atoms with E-state index in [1.54, 1.807) is 7.11 Å². The van der Waals surface area contributed by atoms with Gasteiger partial charge in [-0.1, -0.05) is 0 Å². The standard InChI is InChI=1S/C15H29N3O3/c1-3-21-13-12-17-8-10-18(11-9-17)14(19)15(20-2)4-6-16-7-5-15/h16H,3-13H2,1-2H3. The Bertz CT molecular complexity index is 324. The number of piperazine rings is 1. The van der Waals surface area contributed by atoms with Gasteiger partial charge in [0.2, 0.25) is 0 Å². The predicted octanol–water partition coefficient (Wildman–Crippen LogP) is -0.0643. The fraction of sp³-hybridized carbons (Fsp3) is 0.933. The van der Waals surface area contributed by atoms with E-state index in [1.165, 1.54) is 0 Å². The molecule has 2 heterocycles. The van der Waals surface area contributed by atoms with Crippen LogP contribution in [0.25, 0.3) is 0 Å². The molecule has 6 heteroatoms. The van der Waals surface area contributed by atoms with Crippen molar-refractivity contribution < 1.29 is 14.3 Å². The summed E-state index contributed by atoms with van der Waals surface area (Å²) in [5.74, 6) is 0.177. The van der Waals surface area contributed by atoms with Crippen molar-refractivity contribution in [3.05, 3.63) is 0 Å². The number of nitrogens with zero attached hydrogens (tertiary/aromatic N) is 2. The molecule has 0 aliphatic carbocycles. The fourth-order valence-corrected chi connectivity index (χ4v) is 3.14. The third kappa shape index (κ3) is 4.16. The van der Waals surface area contributed by atoms with Gasteiger partial charge in [0.05, 0.1) is 6.61 Å². The van der Waals surface area contributed by atoms with E-state index in [4.69, 9.17) is 9.47 Å². The molecule has 0 aromatic heterocycles. The summed E-state index contributed by atoms with van der Waals surface area (Å²) in [5, 5.41) is 3.29. The van der Waals surface area contributed by atoms with E-state index in [-0.39, 0.29) is 5.91 Å². The second-order valence-corrected chi connectivity index (χ2v) is 5.78. The molecule has 2 rings (SSSR count). The summed E-state index contributed by atoms with van der Waals surface area (Å²) in [6.45, 7) is 9.67. The highest BCUT2D eigenvalue weighted by molar-refractivity contribution is 5.85. The molecule has 2 saturated heterocycles. The van der Waals surface area contributed by atoms with E-state index in [2.05, 4.69) is 10.2 Å². The zero-order chi connectivity index (χ0) is 15.1. The van der Waals surface area contributed by atoms with E-state index in [1.807, 2.05) is 11.8 Å². The van der Waals surface area contributed by atoms with Crippen molar-refractivity contribution in [2.45, 2.75) is 25.4 Å². The van der Waals surface area contributed by atoms with E-state index in [0.717, 1.165) is 71.9 Å². The molecule has 2 fully saturated rings. The first-order valence-electron chi connectivity index (χ1n) is 8.07. The molecule has 0 bridgehead atoms. The number of methoxy groups -OCH3 is 1. The van der Waals surface area contributed by atoms with Gasteiger partial charge in [0.25, 0.3) is 5.91 Å². The van der Waals surface area contributed by atoms with E-state index < -0.39 is 5.60 Å². The summed E-state index contributed by atoms with van der Waals surface area (Å²) < 4.78 is 11.0. The first-order valence-corrected chi connectivity index (χ1v) is 8.07. The maximum Gasteiger partial charge on any atom is 0.254 e. The van der Waals surface area contributed by atoms with Crippen molar-refractivity contribution in [1.82, 2.24) is 15.1 Å². The van der Waals surface area contributed by atoms with Gasteiger partial charge in [-0.2, -0.15) is 0 Å². The lowest BCUT2D eigenvalue weighted by Gasteiger charge is -2.42. The van der Waals surface area contributed by atoms with Gasteiger partial charge in [0.1, 0.15) is 5.60 Å². The minimum atomic E-state index is -0.598. The van der Waals surface area contributed by atoms with Crippen molar-refractivity contribution in [2.24, 2.45) is 0 Å². The largest absolute Gasteiger partial charge is 0.380 e. The number of ether oxygens (including phenoxy) is 2. The fourth-order valence-electron chi connectivity index (χ4n) is 3.14. The maximum absolute atomic E-state index is 12.8. The second kappa shape index (κ2) is 8.08. The van der Waals surface area contributed by atoms with Gasteiger partial charge in [-0.05, 0) is 32.9 Å². The van der Waals surface area contributed by atoms with E-state index in [0.29, 0.717) is 0 Å². The highest BCUT2D eigenvalue weighted by Crippen LogP contribution is 2.25. The molecule has 0 aromatic rings. The Morgan fingerprint density at radius 1 is 1.19 bits per heavy atom. The Morgan fingerprint density at radius 2 is 1.86 bits per heavy atom. The van der Waals surface area contributed by atoms with Crippen LogP contribution in [0.4, 0.5) is 0 Å². The quantitative estimate of drug-likeness (QED) is 0.696. The third-order valence-electron chi connectivity index (χ3n) is 4.61. The molecular weight excluding hydrogens is 270 g/mol. The number of hydrogen-bond acceptors (Lipinski definition) is 5. The van der Waals surface area contributed by atoms with Gasteiger partial charge in [-0.15, -0.1) is 0 Å². The van der Waals surface area contributed by atoms with Crippen LogP contribution in [0.5, 0.6) is 0 Å². The van der Waals surface area contributed by atoms with Crippen LogP contribution in [0.2, 0.25) is 0 Å². The molecule has 1 amide bonds. The Balaban J connectivity index is 1.82. The molecule has 0 radical (unpaired) electrons. The SMILES string of the molecule is CCOCCN1CCN(C(=O)C2(OC)CCNCC2)CC1. The number of amides is 1. The van der Waals surface area contributed by atoms with Gasteiger partial charge in [-0.25, -0.2) is 0 Å². The Hall–Kier alpha value is -0.690. The first kappa shape index (κ1) is 16.7. The molecule has 2 aliphatic rings. The van der Waals surface area contributed by atoms with Crippen LogP contribution in [-0.2, 0) is 14.3 Å². The van der Waals surface area contributed by atoms with Crippen molar-refractivity contribution in [3.63, 3.8) is 0 Å². The van der Waals surface area contributed by atoms with Crippen molar-refractivity contribution in [1.29, 1.82) is 0 Å². The molecule has 2 aliphatic heterocycles. The van der Waals surface area contributed by atoms with E-state index in [9.17, 15) is 4.79 Å². The highest BCUT2D eigenvalue weighted by Gasteiger charge is 2.42. The molecule has 0 spiro atoms. The molecule has 0 atom stereocenters. The van der Waals surface area contributed by atoms with Crippen LogP contribution >= 0.6 is 0 Å². The number of nitrogens with one attached hydrogen (secondary N) is 1. The lowest BCUT2D eigenvalue weighted by molar-refractivity contribution is -0.160. The van der Waals surface area contributed by atoms with E-state index >= 15 is 0 Å². The minimum absolute atomic E-state index is 0.177. The average molecular weight is 299 g/mol. The summed E-state index contributed by atoms with van der Waals surface area (Å²) in [6, 6.07) is 0. The van der Waals surface area contributed by atoms with Crippen molar-refractivity contribution in [2.75, 3.05) is 66.1 Å².